The Labute approximate surface area is 151 Å². The van der Waals surface area contributed by atoms with Crippen LogP contribution in [0, 0.1) is 11.3 Å². The van der Waals surface area contributed by atoms with Gasteiger partial charge in [-0.2, -0.15) is 5.26 Å². The third-order valence-electron chi connectivity index (χ3n) is 6.27. The minimum atomic E-state index is -0.572. The van der Waals surface area contributed by atoms with Gasteiger partial charge in [-0.05, 0) is 57.2 Å². The van der Waals surface area contributed by atoms with Crippen LogP contribution in [-0.2, 0) is 22.4 Å². The summed E-state index contributed by atoms with van der Waals surface area (Å²) in [7, 11) is 0. The van der Waals surface area contributed by atoms with Crippen molar-refractivity contribution in [1.82, 2.24) is 4.57 Å². The third-order valence-corrected chi connectivity index (χ3v) is 6.27. The van der Waals surface area contributed by atoms with Crippen LogP contribution in [0.2, 0.25) is 0 Å². The highest BCUT2D eigenvalue weighted by Gasteiger charge is 2.59. The quantitative estimate of drug-likeness (QED) is 0.733. The van der Waals surface area contributed by atoms with Crippen molar-refractivity contribution in [3.05, 3.63) is 34.4 Å². The van der Waals surface area contributed by atoms with Crippen LogP contribution in [0.1, 0.15) is 55.4 Å². The zero-order valence-corrected chi connectivity index (χ0v) is 14.9. The van der Waals surface area contributed by atoms with Gasteiger partial charge in [-0.1, -0.05) is 0 Å². The molecular formula is C20H21N3O3. The second-order valence-corrected chi connectivity index (χ2v) is 7.92. The molecule has 0 amide bonds. The molecule has 3 aliphatic heterocycles. The van der Waals surface area contributed by atoms with E-state index >= 15 is 0 Å². The number of ether oxygens (including phenoxy) is 1. The van der Waals surface area contributed by atoms with Crippen molar-refractivity contribution in [3.8, 4) is 23.5 Å². The average Bonchev–Trinajstić information content (AvgIpc) is 3.18. The number of benzene rings is 1. The van der Waals surface area contributed by atoms with Gasteiger partial charge in [-0.25, -0.2) is 4.57 Å². The normalized spacial score (nSPS) is 28.3. The molecule has 134 valence electrons. The van der Waals surface area contributed by atoms with Crippen LogP contribution in [0.3, 0.4) is 0 Å². The lowest BCUT2D eigenvalue weighted by atomic mass is 9.80. The predicted octanol–water partition coefficient (Wildman–Crippen LogP) is 3.37. The van der Waals surface area contributed by atoms with Gasteiger partial charge < -0.3 is 20.3 Å². The summed E-state index contributed by atoms with van der Waals surface area (Å²) < 4.78 is 7.67. The van der Waals surface area contributed by atoms with Gasteiger partial charge in [0.2, 0.25) is 11.8 Å². The molecule has 26 heavy (non-hydrogen) atoms. The van der Waals surface area contributed by atoms with E-state index in [9.17, 15) is 15.5 Å². The van der Waals surface area contributed by atoms with Gasteiger partial charge in [0.15, 0.2) is 0 Å². The largest absolute Gasteiger partial charge is 0.494 e. The Bertz CT molecular complexity index is 963. The minimum absolute atomic E-state index is 0.0303. The Kier molecular flexibility index (Phi) is 2.84. The van der Waals surface area contributed by atoms with E-state index in [2.05, 4.69) is 11.4 Å². The lowest BCUT2D eigenvalue weighted by Crippen LogP contribution is -2.18. The van der Waals surface area contributed by atoms with E-state index < -0.39 is 11.2 Å². The number of aromatic hydroxyl groups is 2. The molecule has 4 heterocycles. The van der Waals surface area contributed by atoms with E-state index in [1.54, 1.807) is 12.1 Å². The number of nitrogens with one attached hydrogen (secondary N) is 1. The molecule has 6 heteroatoms. The van der Waals surface area contributed by atoms with E-state index in [4.69, 9.17) is 4.74 Å². The monoisotopic (exact) mass is 351 g/mol. The summed E-state index contributed by atoms with van der Waals surface area (Å²) in [6.45, 7) is 4.75. The van der Waals surface area contributed by atoms with Crippen molar-refractivity contribution in [1.29, 1.82) is 5.26 Å². The number of nitrogens with zero attached hydrogens (tertiary/aromatic N) is 2. The number of fused-ring (bicyclic) bond motifs is 6. The first-order valence-corrected chi connectivity index (χ1v) is 9.07. The van der Waals surface area contributed by atoms with Gasteiger partial charge in [0, 0.05) is 6.54 Å². The summed E-state index contributed by atoms with van der Waals surface area (Å²) >= 11 is 0. The van der Waals surface area contributed by atoms with Crippen LogP contribution in [0.4, 0.5) is 5.69 Å². The van der Waals surface area contributed by atoms with Gasteiger partial charge in [0.05, 0.1) is 45.3 Å². The number of aromatic nitrogens is 1. The van der Waals surface area contributed by atoms with E-state index in [-0.39, 0.29) is 11.8 Å². The van der Waals surface area contributed by atoms with E-state index in [0.29, 0.717) is 22.4 Å². The van der Waals surface area contributed by atoms with Gasteiger partial charge in [-0.15, -0.1) is 0 Å². The van der Waals surface area contributed by atoms with Crippen molar-refractivity contribution in [3.63, 3.8) is 0 Å². The molecule has 2 bridgehead atoms. The lowest BCUT2D eigenvalue weighted by Gasteiger charge is -2.25. The first-order valence-electron chi connectivity index (χ1n) is 9.07. The van der Waals surface area contributed by atoms with Crippen molar-refractivity contribution in [2.75, 3.05) is 11.9 Å². The van der Waals surface area contributed by atoms with E-state index in [0.717, 1.165) is 43.5 Å². The summed E-state index contributed by atoms with van der Waals surface area (Å²) in [5.74, 6) is 0.0606. The summed E-state index contributed by atoms with van der Waals surface area (Å²) in [6.07, 6.45) is 3.39. The molecule has 0 saturated carbocycles. The Morgan fingerprint density at radius 1 is 1.15 bits per heavy atom. The minimum Gasteiger partial charge on any atom is -0.494 e. The Morgan fingerprint density at radius 3 is 2.42 bits per heavy atom. The fraction of sp³-hybridized carbons (Fsp3) is 0.450. The smallest absolute Gasteiger partial charge is 0.205 e. The Morgan fingerprint density at radius 2 is 1.81 bits per heavy atom. The first-order chi connectivity index (χ1) is 12.4. The highest BCUT2D eigenvalue weighted by atomic mass is 16.5. The molecule has 1 saturated heterocycles. The molecule has 1 aromatic heterocycles. The summed E-state index contributed by atoms with van der Waals surface area (Å²) in [5, 5.41) is 34.8. The number of nitriles is 1. The molecule has 6 nitrogen and oxygen atoms in total. The average molecular weight is 351 g/mol. The molecule has 2 aromatic rings. The molecule has 3 N–H and O–H groups in total. The van der Waals surface area contributed by atoms with Crippen LogP contribution < -0.4 is 5.32 Å². The first kappa shape index (κ1) is 15.6. The molecular weight excluding hydrogens is 330 g/mol. The molecule has 1 aromatic carbocycles. The van der Waals surface area contributed by atoms with E-state index in [1.165, 1.54) is 4.57 Å². The topological polar surface area (TPSA) is 90.4 Å². The molecule has 3 aliphatic rings. The second kappa shape index (κ2) is 4.74. The SMILES string of the molecule is C[C@]12CC[C@](C)(O1)c1c2c(O)n(-c2ccc(C#N)c3c2NCCC3)c1O. The van der Waals surface area contributed by atoms with Crippen molar-refractivity contribution in [2.24, 2.45) is 0 Å². The van der Waals surface area contributed by atoms with Crippen LogP contribution >= 0.6 is 0 Å². The molecule has 0 spiro atoms. The number of rotatable bonds is 1. The van der Waals surface area contributed by atoms with Gasteiger partial charge >= 0.3 is 0 Å². The summed E-state index contributed by atoms with van der Waals surface area (Å²) in [4.78, 5) is 0. The van der Waals surface area contributed by atoms with Crippen LogP contribution in [-0.4, -0.2) is 21.3 Å². The number of hydrogen-bond acceptors (Lipinski definition) is 5. The predicted molar refractivity (Wildman–Crippen MR) is 95.6 cm³/mol. The fourth-order valence-corrected chi connectivity index (χ4v) is 5.07. The zero-order chi connectivity index (χ0) is 18.3. The highest BCUT2D eigenvalue weighted by molar-refractivity contribution is 5.74. The number of anilines is 1. The van der Waals surface area contributed by atoms with Gasteiger partial charge in [0.1, 0.15) is 0 Å². The molecule has 5 rings (SSSR count). The molecule has 0 unspecified atom stereocenters. The summed E-state index contributed by atoms with van der Waals surface area (Å²) in [6, 6.07) is 5.80. The highest BCUT2D eigenvalue weighted by Crippen LogP contribution is 2.64. The maximum Gasteiger partial charge on any atom is 0.205 e. The van der Waals surface area contributed by atoms with Gasteiger partial charge in [-0.3, -0.25) is 0 Å². The summed E-state index contributed by atoms with van der Waals surface area (Å²) in [5.41, 5.74) is 3.31. The third kappa shape index (κ3) is 1.69. The maximum absolute atomic E-state index is 11.0. The van der Waals surface area contributed by atoms with Crippen molar-refractivity contribution >= 4 is 5.69 Å². The molecule has 2 atom stereocenters. The zero-order valence-electron chi connectivity index (χ0n) is 14.9. The maximum atomic E-state index is 11.0. The van der Waals surface area contributed by atoms with Crippen molar-refractivity contribution < 1.29 is 14.9 Å². The van der Waals surface area contributed by atoms with Crippen LogP contribution in [0.25, 0.3) is 5.69 Å². The van der Waals surface area contributed by atoms with Crippen LogP contribution in [0.5, 0.6) is 11.8 Å². The Hall–Kier alpha value is -2.65. The Balaban J connectivity index is 1.80. The van der Waals surface area contributed by atoms with E-state index in [1.807, 2.05) is 13.8 Å². The number of hydrogen-bond donors (Lipinski definition) is 3. The molecule has 0 radical (unpaired) electrons. The standard InChI is InChI=1S/C20H21N3O3/c1-19-7-8-20(2,26-19)15-14(19)17(24)23(18(15)25)13-6-5-11(10-21)12-4-3-9-22-16(12)13/h5-6,22,24-25H,3-4,7-9H2,1-2H3/t19-,20+. The molecule has 0 aliphatic carbocycles. The van der Waals surface area contributed by atoms with Crippen LogP contribution in [0.15, 0.2) is 12.1 Å². The molecule has 1 fully saturated rings. The fourth-order valence-electron chi connectivity index (χ4n) is 5.07. The van der Waals surface area contributed by atoms with Crippen molar-refractivity contribution in [2.45, 2.75) is 50.7 Å². The second-order valence-electron chi connectivity index (χ2n) is 7.92. The van der Waals surface area contributed by atoms with Gasteiger partial charge in [0.25, 0.3) is 0 Å². The lowest BCUT2D eigenvalue weighted by molar-refractivity contribution is -0.0683.